The number of benzene rings is 8. The van der Waals surface area contributed by atoms with Gasteiger partial charge in [-0.15, -0.1) is 0 Å². The molecule has 5 nitrogen and oxygen atoms in total. The Bertz CT molecular complexity index is 2910. The second-order valence-electron chi connectivity index (χ2n) is 16.2. The Hall–Kier alpha value is -7.63. The van der Waals surface area contributed by atoms with Crippen molar-refractivity contribution in [3.63, 3.8) is 0 Å². The summed E-state index contributed by atoms with van der Waals surface area (Å²) in [5, 5.41) is 0. The van der Waals surface area contributed by atoms with E-state index in [-0.39, 0.29) is 0 Å². The average Bonchev–Trinajstić information content (AvgIpc) is 3.29. The summed E-state index contributed by atoms with van der Waals surface area (Å²) in [6.45, 7) is 13.2. The number of hydrogen-bond acceptors (Lipinski definition) is 5. The first kappa shape index (κ1) is 39.8. The number of hydrogen-bond donors (Lipinski definition) is 0. The Morgan fingerprint density at radius 3 is 1.18 bits per heavy atom. The van der Waals surface area contributed by atoms with Crippen molar-refractivity contribution < 1.29 is 0 Å². The highest BCUT2D eigenvalue weighted by Crippen LogP contribution is 2.44. The Balaban J connectivity index is 1.25. The fourth-order valence-electron chi connectivity index (χ4n) is 8.78. The van der Waals surface area contributed by atoms with Crippen molar-refractivity contribution in [2.75, 3.05) is 9.80 Å². The number of rotatable bonds is 10. The average molecular weight is 804 g/mol. The van der Waals surface area contributed by atoms with Crippen LogP contribution in [0.15, 0.2) is 188 Å². The van der Waals surface area contributed by atoms with Gasteiger partial charge in [-0.1, -0.05) is 157 Å². The lowest BCUT2D eigenvalue weighted by Crippen LogP contribution is -2.17. The molecule has 0 bridgehead atoms. The first-order valence-electron chi connectivity index (χ1n) is 21.2. The fourth-order valence-corrected chi connectivity index (χ4v) is 8.78. The molecule has 9 rings (SSSR count). The van der Waals surface area contributed by atoms with Crippen LogP contribution in [0.4, 0.5) is 34.4 Å². The summed E-state index contributed by atoms with van der Waals surface area (Å²) >= 11 is 0. The van der Waals surface area contributed by atoms with E-state index in [1.807, 2.05) is 30.3 Å². The van der Waals surface area contributed by atoms with Crippen LogP contribution in [-0.4, -0.2) is 15.0 Å². The van der Waals surface area contributed by atoms with E-state index in [1.165, 1.54) is 44.8 Å². The molecule has 5 heteroatoms. The van der Waals surface area contributed by atoms with E-state index < -0.39 is 0 Å². The maximum Gasteiger partial charge on any atom is 0.238 e. The van der Waals surface area contributed by atoms with Crippen LogP contribution in [0.2, 0.25) is 0 Å². The molecule has 0 aliphatic rings. The molecule has 0 saturated heterocycles. The second-order valence-corrected chi connectivity index (χ2v) is 16.2. The van der Waals surface area contributed by atoms with Crippen molar-refractivity contribution in [2.24, 2.45) is 0 Å². The summed E-state index contributed by atoms with van der Waals surface area (Å²) in [5.74, 6) is 1.71. The predicted octanol–water partition coefficient (Wildman–Crippen LogP) is 15.3. The van der Waals surface area contributed by atoms with Crippen molar-refractivity contribution in [1.82, 2.24) is 15.0 Å². The van der Waals surface area contributed by atoms with E-state index in [0.29, 0.717) is 17.6 Å². The third-order valence-electron chi connectivity index (χ3n) is 11.4. The topological polar surface area (TPSA) is 45.2 Å². The molecule has 0 N–H and O–H groups in total. The van der Waals surface area contributed by atoms with Gasteiger partial charge in [0.05, 0.1) is 11.4 Å². The van der Waals surface area contributed by atoms with E-state index in [9.17, 15) is 0 Å². The van der Waals surface area contributed by atoms with E-state index in [4.69, 9.17) is 15.0 Å². The van der Waals surface area contributed by atoms with Gasteiger partial charge in [0.1, 0.15) is 0 Å². The van der Waals surface area contributed by atoms with Crippen LogP contribution in [0.3, 0.4) is 0 Å². The SMILES string of the molecule is Cc1cc(C)c(N(c2ccc(N(c3cccc(-c4ccccc4)c3)c3nc(-c4ccccc4)nc(-c4cccc(-c5ccccc5)c4)n3)cc2)c2c(C)cc(C)cc2C)c(C)c1. The van der Waals surface area contributed by atoms with Gasteiger partial charge in [0.15, 0.2) is 11.6 Å². The summed E-state index contributed by atoms with van der Waals surface area (Å²) in [5.41, 5.74) is 19.0. The molecule has 0 unspecified atom stereocenters. The molecule has 0 saturated carbocycles. The van der Waals surface area contributed by atoms with Gasteiger partial charge in [0.2, 0.25) is 5.95 Å². The van der Waals surface area contributed by atoms with Gasteiger partial charge < -0.3 is 4.90 Å². The number of nitrogens with zero attached hydrogens (tertiary/aromatic N) is 5. The number of anilines is 6. The van der Waals surface area contributed by atoms with Gasteiger partial charge in [-0.3, -0.25) is 4.90 Å². The zero-order chi connectivity index (χ0) is 42.7. The molecule has 0 spiro atoms. The molecule has 0 amide bonds. The molecule has 8 aromatic carbocycles. The number of aromatic nitrogens is 3. The fraction of sp³-hybridized carbons (Fsp3) is 0.105. The third-order valence-corrected chi connectivity index (χ3v) is 11.4. The zero-order valence-electron chi connectivity index (χ0n) is 36.1. The van der Waals surface area contributed by atoms with Crippen LogP contribution in [0, 0.1) is 41.5 Å². The normalized spacial score (nSPS) is 11.1. The van der Waals surface area contributed by atoms with E-state index in [1.54, 1.807) is 0 Å². The lowest BCUT2D eigenvalue weighted by Gasteiger charge is -2.32. The summed E-state index contributed by atoms with van der Waals surface area (Å²) in [4.78, 5) is 20.3. The molecular formula is C57H49N5. The minimum absolute atomic E-state index is 0.518. The Morgan fingerprint density at radius 2 is 0.677 bits per heavy atom. The van der Waals surface area contributed by atoms with Crippen LogP contribution in [0.5, 0.6) is 0 Å². The molecule has 62 heavy (non-hydrogen) atoms. The van der Waals surface area contributed by atoms with Crippen LogP contribution in [-0.2, 0) is 0 Å². The standard InChI is InChI=1S/C57H49N5/c1-38-32-40(3)53(41(4)33-38)62(54-42(5)34-39(2)35-43(54)6)51-30-28-50(29-31-51)61(52-27-17-25-48(37-52)45-20-12-8-13-21-45)57-59-55(46-22-14-9-15-23-46)58-56(60-57)49-26-16-24-47(36-49)44-18-10-7-11-19-44/h7-37H,1-6H3. The molecule has 0 aliphatic carbocycles. The summed E-state index contributed by atoms with van der Waals surface area (Å²) in [6.07, 6.45) is 0. The molecule has 302 valence electrons. The summed E-state index contributed by atoms with van der Waals surface area (Å²) in [6, 6.07) is 66.1. The van der Waals surface area contributed by atoms with Crippen LogP contribution < -0.4 is 9.80 Å². The van der Waals surface area contributed by atoms with Crippen LogP contribution in [0.1, 0.15) is 33.4 Å². The smallest absolute Gasteiger partial charge is 0.238 e. The Morgan fingerprint density at radius 1 is 0.290 bits per heavy atom. The van der Waals surface area contributed by atoms with Crippen molar-refractivity contribution in [1.29, 1.82) is 0 Å². The molecule has 0 radical (unpaired) electrons. The van der Waals surface area contributed by atoms with Gasteiger partial charge >= 0.3 is 0 Å². The highest BCUT2D eigenvalue weighted by molar-refractivity contribution is 5.86. The molecule has 1 aromatic heterocycles. The first-order chi connectivity index (χ1) is 30.2. The first-order valence-corrected chi connectivity index (χ1v) is 21.2. The van der Waals surface area contributed by atoms with E-state index in [2.05, 4.69) is 209 Å². The monoisotopic (exact) mass is 803 g/mol. The second kappa shape index (κ2) is 17.2. The quantitative estimate of drug-likeness (QED) is 0.138. The minimum atomic E-state index is 0.518. The lowest BCUT2D eigenvalue weighted by atomic mass is 9.98. The molecular weight excluding hydrogens is 755 g/mol. The zero-order valence-corrected chi connectivity index (χ0v) is 36.1. The summed E-state index contributed by atoms with van der Waals surface area (Å²) in [7, 11) is 0. The van der Waals surface area contributed by atoms with Gasteiger partial charge in [-0.05, 0) is 129 Å². The lowest BCUT2D eigenvalue weighted by molar-refractivity contribution is 1.02. The molecule has 9 aromatic rings. The Kier molecular flexibility index (Phi) is 11.0. The van der Waals surface area contributed by atoms with Crippen molar-refractivity contribution in [2.45, 2.75) is 41.5 Å². The Labute approximate surface area is 365 Å². The van der Waals surface area contributed by atoms with Gasteiger partial charge in [0, 0.05) is 28.2 Å². The van der Waals surface area contributed by atoms with Crippen LogP contribution in [0.25, 0.3) is 45.0 Å². The highest BCUT2D eigenvalue weighted by Gasteiger charge is 2.24. The number of aryl methyl sites for hydroxylation is 6. The predicted molar refractivity (Wildman–Crippen MR) is 259 cm³/mol. The molecule has 0 fully saturated rings. The molecule has 0 atom stereocenters. The van der Waals surface area contributed by atoms with Gasteiger partial charge in [0.25, 0.3) is 0 Å². The van der Waals surface area contributed by atoms with Crippen LogP contribution >= 0.6 is 0 Å². The van der Waals surface area contributed by atoms with Crippen molar-refractivity contribution in [3.05, 3.63) is 221 Å². The third kappa shape index (κ3) is 8.13. The van der Waals surface area contributed by atoms with Gasteiger partial charge in [-0.2, -0.15) is 9.97 Å². The van der Waals surface area contributed by atoms with E-state index >= 15 is 0 Å². The van der Waals surface area contributed by atoms with Gasteiger partial charge in [-0.25, -0.2) is 4.98 Å². The van der Waals surface area contributed by atoms with Crippen molar-refractivity contribution >= 4 is 34.4 Å². The maximum atomic E-state index is 5.33. The minimum Gasteiger partial charge on any atom is -0.309 e. The van der Waals surface area contributed by atoms with E-state index in [0.717, 1.165) is 50.4 Å². The largest absolute Gasteiger partial charge is 0.309 e. The maximum absolute atomic E-state index is 5.33. The molecule has 1 heterocycles. The summed E-state index contributed by atoms with van der Waals surface area (Å²) < 4.78 is 0. The van der Waals surface area contributed by atoms with Crippen molar-refractivity contribution in [3.8, 4) is 45.0 Å². The highest BCUT2D eigenvalue weighted by atomic mass is 15.3. The molecule has 0 aliphatic heterocycles.